The maximum Gasteiger partial charge on any atom is 0.272 e. The van der Waals surface area contributed by atoms with Gasteiger partial charge >= 0.3 is 0 Å². The lowest BCUT2D eigenvalue weighted by molar-refractivity contribution is 0.102. The van der Waals surface area contributed by atoms with Crippen molar-refractivity contribution in [1.82, 2.24) is 4.98 Å². The Balaban J connectivity index is 1.87. The SMILES string of the molecule is [CH]c1cccc(NC(=O)c2cc3ccccc3[nH]2)c1. The zero-order valence-corrected chi connectivity index (χ0v) is 10.2. The van der Waals surface area contributed by atoms with Crippen molar-refractivity contribution in [2.45, 2.75) is 0 Å². The molecule has 1 amide bonds. The molecule has 0 aliphatic heterocycles. The number of aromatic amines is 1. The minimum absolute atomic E-state index is 0.179. The van der Waals surface area contributed by atoms with Gasteiger partial charge in [-0.1, -0.05) is 30.3 Å². The van der Waals surface area contributed by atoms with Gasteiger partial charge < -0.3 is 10.3 Å². The second-order valence-corrected chi connectivity index (χ2v) is 4.35. The number of para-hydroxylation sites is 1. The van der Waals surface area contributed by atoms with Crippen LogP contribution in [0.5, 0.6) is 0 Å². The number of nitrogens with one attached hydrogen (secondary N) is 2. The van der Waals surface area contributed by atoms with Crippen LogP contribution in [0, 0.1) is 6.92 Å². The number of aromatic nitrogens is 1. The molecule has 3 aromatic rings. The van der Waals surface area contributed by atoms with Crippen molar-refractivity contribution in [3.8, 4) is 0 Å². The Hall–Kier alpha value is -2.55. The maximum atomic E-state index is 12.1. The molecule has 0 fully saturated rings. The normalized spacial score (nSPS) is 10.6. The fourth-order valence-corrected chi connectivity index (χ4v) is 2.01. The number of benzene rings is 2. The second kappa shape index (κ2) is 4.61. The molecule has 0 spiro atoms. The summed E-state index contributed by atoms with van der Waals surface area (Å²) in [6, 6.07) is 16.7. The molecule has 3 heteroatoms. The van der Waals surface area contributed by atoms with E-state index >= 15 is 0 Å². The standard InChI is InChI=1S/C16H12N2O/c1-11-5-4-7-13(9-11)17-16(19)15-10-12-6-2-3-8-14(12)18-15/h1-10,18H,(H,17,19). The molecule has 19 heavy (non-hydrogen) atoms. The Bertz CT molecular complexity index is 710. The van der Waals surface area contributed by atoms with Gasteiger partial charge in [-0.3, -0.25) is 4.79 Å². The third-order valence-corrected chi connectivity index (χ3v) is 2.92. The van der Waals surface area contributed by atoms with Gasteiger partial charge in [0.1, 0.15) is 5.69 Å². The van der Waals surface area contributed by atoms with Gasteiger partial charge in [-0.15, -0.1) is 0 Å². The highest BCUT2D eigenvalue weighted by molar-refractivity contribution is 6.05. The first-order valence-corrected chi connectivity index (χ1v) is 5.97. The van der Waals surface area contributed by atoms with Gasteiger partial charge in [0.2, 0.25) is 0 Å². The molecule has 2 aromatic carbocycles. The number of carbonyl (C=O) groups is 1. The lowest BCUT2D eigenvalue weighted by atomic mass is 10.2. The largest absolute Gasteiger partial charge is 0.351 e. The zero-order chi connectivity index (χ0) is 13.2. The molecular formula is C16H12N2O. The summed E-state index contributed by atoms with van der Waals surface area (Å²) < 4.78 is 0. The van der Waals surface area contributed by atoms with Crippen LogP contribution in [0.2, 0.25) is 0 Å². The van der Waals surface area contributed by atoms with E-state index in [4.69, 9.17) is 6.92 Å². The average molecular weight is 248 g/mol. The van der Waals surface area contributed by atoms with Crippen LogP contribution < -0.4 is 5.32 Å². The highest BCUT2D eigenvalue weighted by Gasteiger charge is 2.09. The number of rotatable bonds is 2. The molecule has 0 aliphatic rings. The van der Waals surface area contributed by atoms with Gasteiger partial charge in [0.15, 0.2) is 0 Å². The van der Waals surface area contributed by atoms with Crippen molar-refractivity contribution < 1.29 is 4.79 Å². The third-order valence-electron chi connectivity index (χ3n) is 2.92. The Morgan fingerprint density at radius 3 is 2.68 bits per heavy atom. The van der Waals surface area contributed by atoms with Gasteiger partial charge in [-0.25, -0.2) is 0 Å². The van der Waals surface area contributed by atoms with Gasteiger partial charge in [-0.2, -0.15) is 0 Å². The summed E-state index contributed by atoms with van der Waals surface area (Å²) in [4.78, 5) is 15.2. The molecule has 2 N–H and O–H groups in total. The van der Waals surface area contributed by atoms with Crippen LogP contribution in [-0.2, 0) is 0 Å². The lowest BCUT2D eigenvalue weighted by Crippen LogP contribution is -2.12. The molecule has 3 rings (SSSR count). The highest BCUT2D eigenvalue weighted by Crippen LogP contribution is 2.16. The average Bonchev–Trinajstić information content (AvgIpc) is 2.82. The van der Waals surface area contributed by atoms with Crippen molar-refractivity contribution in [3.05, 3.63) is 72.8 Å². The van der Waals surface area contributed by atoms with E-state index in [1.54, 1.807) is 24.3 Å². The molecule has 2 radical (unpaired) electrons. The Morgan fingerprint density at radius 2 is 1.89 bits per heavy atom. The van der Waals surface area contributed by atoms with Gasteiger partial charge in [0, 0.05) is 16.6 Å². The first-order valence-electron chi connectivity index (χ1n) is 5.97. The van der Waals surface area contributed by atoms with E-state index in [9.17, 15) is 4.79 Å². The van der Waals surface area contributed by atoms with E-state index in [1.807, 2.05) is 30.3 Å². The number of fused-ring (bicyclic) bond motifs is 1. The summed E-state index contributed by atoms with van der Waals surface area (Å²) in [5.74, 6) is -0.179. The van der Waals surface area contributed by atoms with Gasteiger partial charge in [-0.05, 0) is 36.8 Å². The molecule has 1 heterocycles. The summed E-state index contributed by atoms with van der Waals surface area (Å²) in [5.41, 5.74) is 2.78. The monoisotopic (exact) mass is 248 g/mol. The van der Waals surface area contributed by atoms with E-state index in [0.29, 0.717) is 16.9 Å². The summed E-state index contributed by atoms with van der Waals surface area (Å²) in [6.07, 6.45) is 0. The first-order chi connectivity index (χ1) is 9.22. The van der Waals surface area contributed by atoms with Crippen molar-refractivity contribution in [2.75, 3.05) is 5.32 Å². The Labute approximate surface area is 111 Å². The quantitative estimate of drug-likeness (QED) is 0.716. The Kier molecular flexibility index (Phi) is 2.80. The molecule has 0 saturated heterocycles. The fourth-order valence-electron chi connectivity index (χ4n) is 2.01. The van der Waals surface area contributed by atoms with Crippen molar-refractivity contribution in [1.29, 1.82) is 0 Å². The molecular weight excluding hydrogens is 236 g/mol. The fraction of sp³-hybridized carbons (Fsp3) is 0. The number of hydrogen-bond donors (Lipinski definition) is 2. The number of amides is 1. The van der Waals surface area contributed by atoms with Crippen LogP contribution in [0.1, 0.15) is 16.1 Å². The summed E-state index contributed by atoms with van der Waals surface area (Å²) in [7, 11) is 0. The predicted octanol–water partition coefficient (Wildman–Crippen LogP) is 3.48. The van der Waals surface area contributed by atoms with Crippen molar-refractivity contribution >= 4 is 22.5 Å². The topological polar surface area (TPSA) is 44.9 Å². The van der Waals surface area contributed by atoms with Gasteiger partial charge in [0.05, 0.1) is 0 Å². The molecule has 0 bridgehead atoms. The molecule has 0 unspecified atom stereocenters. The lowest BCUT2D eigenvalue weighted by Gasteiger charge is -2.04. The van der Waals surface area contributed by atoms with Crippen LogP contribution in [0.25, 0.3) is 10.9 Å². The van der Waals surface area contributed by atoms with Crippen molar-refractivity contribution in [3.63, 3.8) is 0 Å². The minimum Gasteiger partial charge on any atom is -0.351 e. The number of carbonyl (C=O) groups excluding carboxylic acids is 1. The summed E-state index contributed by atoms with van der Waals surface area (Å²) >= 11 is 0. The smallest absolute Gasteiger partial charge is 0.272 e. The van der Waals surface area contributed by atoms with E-state index in [2.05, 4.69) is 10.3 Å². The van der Waals surface area contributed by atoms with Gasteiger partial charge in [0.25, 0.3) is 5.91 Å². The molecule has 0 atom stereocenters. The molecule has 92 valence electrons. The van der Waals surface area contributed by atoms with E-state index in [1.165, 1.54) is 0 Å². The second-order valence-electron chi connectivity index (χ2n) is 4.35. The molecule has 0 saturated carbocycles. The van der Waals surface area contributed by atoms with E-state index < -0.39 is 0 Å². The third kappa shape index (κ3) is 2.36. The van der Waals surface area contributed by atoms with E-state index in [0.717, 1.165) is 10.9 Å². The number of anilines is 1. The van der Waals surface area contributed by atoms with Crippen LogP contribution in [0.3, 0.4) is 0 Å². The zero-order valence-electron chi connectivity index (χ0n) is 10.2. The minimum atomic E-state index is -0.179. The number of hydrogen-bond acceptors (Lipinski definition) is 1. The molecule has 0 aliphatic carbocycles. The molecule has 1 aromatic heterocycles. The van der Waals surface area contributed by atoms with Crippen molar-refractivity contribution in [2.24, 2.45) is 0 Å². The summed E-state index contributed by atoms with van der Waals surface area (Å²) in [6.45, 7) is 5.68. The van der Waals surface area contributed by atoms with Crippen LogP contribution in [0.15, 0.2) is 54.6 Å². The molecule has 3 nitrogen and oxygen atoms in total. The van der Waals surface area contributed by atoms with E-state index in [-0.39, 0.29) is 5.91 Å². The van der Waals surface area contributed by atoms with Crippen LogP contribution in [0.4, 0.5) is 5.69 Å². The first kappa shape index (κ1) is 11.5. The number of H-pyrrole nitrogens is 1. The Morgan fingerprint density at radius 1 is 1.05 bits per heavy atom. The maximum absolute atomic E-state index is 12.1. The van der Waals surface area contributed by atoms with Crippen LogP contribution in [-0.4, -0.2) is 10.9 Å². The predicted molar refractivity (Wildman–Crippen MR) is 76.1 cm³/mol. The highest BCUT2D eigenvalue weighted by atomic mass is 16.1. The van der Waals surface area contributed by atoms with Crippen LogP contribution >= 0.6 is 0 Å². The summed E-state index contributed by atoms with van der Waals surface area (Å²) in [5, 5.41) is 3.82.